The number of fused-ring (bicyclic) bond motifs is 8. The number of benzene rings is 9. The van der Waals surface area contributed by atoms with Crippen LogP contribution in [0.15, 0.2) is 198 Å². The molecule has 1 unspecified atom stereocenters. The van der Waals surface area contributed by atoms with Crippen LogP contribution in [0.2, 0.25) is 0 Å². The lowest BCUT2D eigenvalue weighted by Crippen LogP contribution is -2.28. The van der Waals surface area contributed by atoms with E-state index >= 15 is 0 Å². The van der Waals surface area contributed by atoms with Gasteiger partial charge in [0.05, 0.1) is 5.41 Å². The molecule has 0 fully saturated rings. The van der Waals surface area contributed by atoms with Gasteiger partial charge in [-0.2, -0.15) is 0 Å². The second kappa shape index (κ2) is 13.6. The average molecular weight is 877 g/mol. The van der Waals surface area contributed by atoms with E-state index in [2.05, 4.69) is 222 Å². The molecule has 0 saturated heterocycles. The molecule has 3 aliphatic rings. The second-order valence-electron chi connectivity index (χ2n) is 17.0. The summed E-state index contributed by atoms with van der Waals surface area (Å²) in [6.07, 6.45) is 2.31. The molecule has 1 aliphatic heterocycles. The van der Waals surface area contributed by atoms with E-state index in [0.29, 0.717) is 0 Å². The Balaban J connectivity index is 0.989. The molecule has 0 radical (unpaired) electrons. The fourth-order valence-electron chi connectivity index (χ4n) is 10.7. The maximum Gasteiger partial charge on any atom is 0.0713 e. The highest BCUT2D eigenvalue weighted by molar-refractivity contribution is 14.2. The average Bonchev–Trinajstić information content (AvgIpc) is 3.74. The highest BCUT2D eigenvalue weighted by Crippen LogP contribution is 2.57. The van der Waals surface area contributed by atoms with Crippen LogP contribution in [0.4, 0.5) is 0 Å². The van der Waals surface area contributed by atoms with E-state index in [9.17, 15) is 0 Å². The fourth-order valence-corrected chi connectivity index (χ4v) is 12.4. The van der Waals surface area contributed by atoms with Crippen LogP contribution in [-0.4, -0.2) is 4.01 Å². The van der Waals surface area contributed by atoms with Gasteiger partial charge in [-0.05, 0) is 155 Å². The second-order valence-corrected chi connectivity index (χ2v) is 19.1. The molecule has 0 N–H and O–H groups in total. The van der Waals surface area contributed by atoms with Crippen molar-refractivity contribution in [2.24, 2.45) is 0 Å². The summed E-state index contributed by atoms with van der Waals surface area (Å²) in [7, 11) is 0. The number of hydrogen-bond acceptors (Lipinski definition) is 0. The van der Waals surface area contributed by atoms with Crippen molar-refractivity contribution in [3.63, 3.8) is 0 Å². The standard InChI is InChI=1S/C59H41I/c1-58(2)53-19-8-7-17-52(53)57-49(18-11-21-55(57)58)45-26-24-40-32-39(22-23-42(40)34-45)38-12-10-15-48(35-38)59(47-13-4-3-5-14-47)54-20-9-6-16-50(54)51-29-28-43(36-56(51)59)41-25-27-46-37-60-31-30-44(46)33-41/h3-37H,1-2H3. The van der Waals surface area contributed by atoms with E-state index in [1.54, 1.807) is 0 Å². The lowest BCUT2D eigenvalue weighted by Gasteiger charge is -2.34. The van der Waals surface area contributed by atoms with Gasteiger partial charge < -0.3 is 0 Å². The van der Waals surface area contributed by atoms with Gasteiger partial charge in [-0.1, -0.05) is 198 Å². The van der Waals surface area contributed by atoms with Crippen molar-refractivity contribution in [1.82, 2.24) is 0 Å². The van der Waals surface area contributed by atoms with Crippen LogP contribution in [0.1, 0.15) is 58.4 Å². The Bertz CT molecular complexity index is 3290. The molecule has 9 aromatic carbocycles. The Morgan fingerprint density at radius 1 is 0.367 bits per heavy atom. The Morgan fingerprint density at radius 2 is 0.967 bits per heavy atom. The van der Waals surface area contributed by atoms with Gasteiger partial charge in [-0.15, -0.1) is 0 Å². The molecule has 9 aromatic rings. The van der Waals surface area contributed by atoms with Crippen molar-refractivity contribution in [3.05, 3.63) is 243 Å². The largest absolute Gasteiger partial charge is 0.0931 e. The van der Waals surface area contributed by atoms with Gasteiger partial charge in [0.2, 0.25) is 0 Å². The summed E-state index contributed by atoms with van der Waals surface area (Å²) in [5.74, 6) is 0. The summed E-state index contributed by atoms with van der Waals surface area (Å²) in [6.45, 7) is 4.71. The minimum absolute atomic E-state index is 0.00751. The molecule has 0 spiro atoms. The van der Waals surface area contributed by atoms with Gasteiger partial charge in [-0.3, -0.25) is 0 Å². The number of rotatable bonds is 5. The minimum Gasteiger partial charge on any atom is -0.0931 e. The lowest BCUT2D eigenvalue weighted by atomic mass is 9.67. The van der Waals surface area contributed by atoms with Crippen molar-refractivity contribution in [2.75, 3.05) is 0 Å². The molecule has 60 heavy (non-hydrogen) atoms. The number of halogens is 1. The maximum absolute atomic E-state index is 2.48. The molecule has 1 atom stereocenters. The molecule has 1 heteroatoms. The molecular weight excluding hydrogens is 836 g/mol. The summed E-state index contributed by atoms with van der Waals surface area (Å²) < 4.78 is 4.78. The third kappa shape index (κ3) is 5.25. The summed E-state index contributed by atoms with van der Waals surface area (Å²) in [5, 5.41) is 2.49. The molecule has 0 saturated carbocycles. The summed E-state index contributed by atoms with van der Waals surface area (Å²) in [4.78, 5) is 0. The van der Waals surface area contributed by atoms with E-state index in [1.807, 2.05) is 0 Å². The van der Waals surface area contributed by atoms with Gasteiger partial charge >= 0.3 is 0 Å². The Morgan fingerprint density at radius 3 is 1.83 bits per heavy atom. The van der Waals surface area contributed by atoms with Crippen LogP contribution in [0.5, 0.6) is 0 Å². The predicted octanol–water partition coefficient (Wildman–Crippen LogP) is 15.6. The van der Waals surface area contributed by atoms with E-state index in [1.165, 1.54) is 111 Å². The summed E-state index contributed by atoms with van der Waals surface area (Å²) in [5.41, 5.74) is 23.0. The monoisotopic (exact) mass is 876 g/mol. The van der Waals surface area contributed by atoms with Gasteiger partial charge in [0.25, 0.3) is 0 Å². The molecule has 0 aromatic heterocycles. The van der Waals surface area contributed by atoms with Crippen LogP contribution in [-0.2, 0) is 10.8 Å². The molecule has 0 bridgehead atoms. The van der Waals surface area contributed by atoms with Crippen LogP contribution in [0.3, 0.4) is 0 Å². The van der Waals surface area contributed by atoms with Crippen LogP contribution >= 0.6 is 20.7 Å². The first kappa shape index (κ1) is 35.5. The van der Waals surface area contributed by atoms with Crippen LogP contribution in [0.25, 0.3) is 72.5 Å². The Labute approximate surface area is 362 Å². The first-order valence-electron chi connectivity index (χ1n) is 20.9. The highest BCUT2D eigenvalue weighted by atomic mass is 127. The fraction of sp³-hybridized carbons (Fsp3) is 0.0678. The highest BCUT2D eigenvalue weighted by Gasteiger charge is 2.46. The van der Waals surface area contributed by atoms with Crippen molar-refractivity contribution in [2.45, 2.75) is 24.7 Å². The zero-order chi connectivity index (χ0) is 40.0. The van der Waals surface area contributed by atoms with Gasteiger partial charge in [-0.25, -0.2) is 0 Å². The van der Waals surface area contributed by atoms with Crippen LogP contribution < -0.4 is 0 Å². The summed E-state index contributed by atoms with van der Waals surface area (Å²) >= 11 is 0.00751. The van der Waals surface area contributed by atoms with Crippen molar-refractivity contribution < 1.29 is 0 Å². The molecule has 12 rings (SSSR count). The first-order chi connectivity index (χ1) is 29.5. The zero-order valence-corrected chi connectivity index (χ0v) is 35.7. The molecule has 1 heterocycles. The minimum atomic E-state index is -0.500. The molecule has 2 aliphatic carbocycles. The van der Waals surface area contributed by atoms with Crippen LogP contribution in [0, 0.1) is 0 Å². The topological polar surface area (TPSA) is 0 Å². The van der Waals surface area contributed by atoms with E-state index < -0.39 is 5.41 Å². The maximum atomic E-state index is 2.48. The first-order valence-corrected chi connectivity index (χ1v) is 23.4. The predicted molar refractivity (Wildman–Crippen MR) is 263 cm³/mol. The third-order valence-electron chi connectivity index (χ3n) is 13.6. The van der Waals surface area contributed by atoms with E-state index in [-0.39, 0.29) is 26.1 Å². The van der Waals surface area contributed by atoms with Gasteiger partial charge in [0.15, 0.2) is 0 Å². The van der Waals surface area contributed by atoms with Gasteiger partial charge in [0.1, 0.15) is 0 Å². The van der Waals surface area contributed by atoms with E-state index in [0.717, 1.165) is 0 Å². The molecular formula is C59H41I. The molecule has 0 amide bonds. The molecule has 284 valence electrons. The van der Waals surface area contributed by atoms with Gasteiger partial charge in [0, 0.05) is 5.41 Å². The SMILES string of the molecule is CC1(C)c2ccccc2-c2c(-c3ccc4cc(-c5cccc(C6(c7ccccc7)c7ccccc7-c7ccc(-c8ccc9c(c8)C=CI=C9)cc76)c5)ccc4c3)cccc21. The normalized spacial score (nSPS) is 16.4. The van der Waals surface area contributed by atoms with Crippen molar-refractivity contribution >= 4 is 41.6 Å². The third-order valence-corrected chi connectivity index (χ3v) is 15.4. The van der Waals surface area contributed by atoms with E-state index in [4.69, 9.17) is 0 Å². The zero-order valence-electron chi connectivity index (χ0n) is 33.6. The smallest absolute Gasteiger partial charge is 0.0713 e. The quantitative estimate of drug-likeness (QED) is 0.151. The van der Waals surface area contributed by atoms with Crippen molar-refractivity contribution in [3.8, 4) is 55.6 Å². The van der Waals surface area contributed by atoms with Crippen molar-refractivity contribution in [1.29, 1.82) is 0 Å². The molecule has 0 nitrogen and oxygen atoms in total. The Hall–Kier alpha value is -6.42. The Kier molecular flexibility index (Phi) is 8.03. The number of hydrogen-bond donors (Lipinski definition) is 0. The lowest BCUT2D eigenvalue weighted by molar-refractivity contribution is 0.660. The summed E-state index contributed by atoms with van der Waals surface area (Å²) in [6, 6.07) is 73.5.